The Kier molecular flexibility index (Phi) is 3.12. The molecular weight excluding hydrogens is 170 g/mol. The summed E-state index contributed by atoms with van der Waals surface area (Å²) in [6, 6.07) is 6.50. The quantitative estimate of drug-likeness (QED) is 0.744. The van der Waals surface area contributed by atoms with E-state index in [0.717, 1.165) is 10.6 Å². The minimum atomic E-state index is 0.390. The predicted octanol–water partition coefficient (Wildman–Crippen LogP) is 2.93. The summed E-state index contributed by atoms with van der Waals surface area (Å²) in [5, 5.41) is 4.02. The fraction of sp³-hybridized carbons (Fsp3) is 0.400. The molecule has 0 radical (unpaired) electrons. The van der Waals surface area contributed by atoms with Gasteiger partial charge < -0.3 is 5.32 Å². The van der Waals surface area contributed by atoms with E-state index < -0.39 is 0 Å². The van der Waals surface area contributed by atoms with E-state index >= 15 is 0 Å². The number of nitrogens with one attached hydrogen (secondary N) is 1. The summed E-state index contributed by atoms with van der Waals surface area (Å²) in [4.78, 5) is 0. The van der Waals surface area contributed by atoms with Crippen LogP contribution >= 0.6 is 11.6 Å². The second kappa shape index (κ2) is 3.92. The molecule has 1 aromatic rings. The maximum atomic E-state index is 5.91. The van der Waals surface area contributed by atoms with E-state index in [1.165, 1.54) is 5.56 Å². The van der Waals surface area contributed by atoms with E-state index in [-0.39, 0.29) is 0 Å². The van der Waals surface area contributed by atoms with Crippen molar-refractivity contribution in [1.29, 1.82) is 0 Å². The molecule has 0 aliphatic carbocycles. The lowest BCUT2D eigenvalue weighted by atomic mass is 10.1. The second-order valence-corrected chi connectivity index (χ2v) is 3.43. The van der Waals surface area contributed by atoms with Gasteiger partial charge in [-0.25, -0.2) is 0 Å². The van der Waals surface area contributed by atoms with E-state index in [4.69, 9.17) is 11.6 Å². The first-order valence-corrected chi connectivity index (χ1v) is 4.46. The van der Waals surface area contributed by atoms with E-state index in [9.17, 15) is 0 Å². The Hall–Kier alpha value is -0.530. The van der Waals surface area contributed by atoms with Gasteiger partial charge in [0.05, 0.1) is 0 Å². The summed E-state index contributed by atoms with van der Waals surface area (Å²) in [7, 11) is 1.95. The lowest BCUT2D eigenvalue weighted by molar-refractivity contribution is 0.652. The van der Waals surface area contributed by atoms with E-state index in [2.05, 4.69) is 24.4 Å². The van der Waals surface area contributed by atoms with Gasteiger partial charge in [-0.15, -0.1) is 0 Å². The molecule has 0 saturated heterocycles. The molecule has 0 aliphatic rings. The zero-order valence-electron chi connectivity index (χ0n) is 7.69. The number of hydrogen-bond donors (Lipinski definition) is 1. The van der Waals surface area contributed by atoms with Crippen LogP contribution in [0.2, 0.25) is 5.02 Å². The average Bonchev–Trinajstić information content (AvgIpc) is 2.08. The van der Waals surface area contributed by atoms with Crippen molar-refractivity contribution in [2.45, 2.75) is 19.9 Å². The van der Waals surface area contributed by atoms with Crippen molar-refractivity contribution in [1.82, 2.24) is 5.32 Å². The van der Waals surface area contributed by atoms with E-state index in [1.54, 1.807) is 0 Å². The molecule has 0 spiro atoms. The van der Waals surface area contributed by atoms with Crippen LogP contribution in [0.25, 0.3) is 0 Å². The smallest absolute Gasteiger partial charge is 0.0435 e. The number of hydrogen-bond acceptors (Lipinski definition) is 1. The van der Waals surface area contributed by atoms with E-state index in [0.29, 0.717) is 6.04 Å². The molecular formula is C10H14ClN. The Morgan fingerprint density at radius 1 is 1.42 bits per heavy atom. The zero-order chi connectivity index (χ0) is 9.14. The van der Waals surface area contributed by atoms with Crippen molar-refractivity contribution in [3.63, 3.8) is 0 Å². The molecule has 12 heavy (non-hydrogen) atoms. The van der Waals surface area contributed by atoms with Crippen molar-refractivity contribution < 1.29 is 0 Å². The molecule has 0 fully saturated rings. The third kappa shape index (κ3) is 1.99. The molecule has 1 atom stereocenters. The van der Waals surface area contributed by atoms with Crippen molar-refractivity contribution >= 4 is 11.6 Å². The molecule has 0 heterocycles. The van der Waals surface area contributed by atoms with Crippen LogP contribution in [0.1, 0.15) is 24.1 Å². The Morgan fingerprint density at radius 3 is 2.58 bits per heavy atom. The third-order valence-corrected chi connectivity index (χ3v) is 2.54. The van der Waals surface area contributed by atoms with Gasteiger partial charge in [-0.2, -0.15) is 0 Å². The maximum Gasteiger partial charge on any atom is 0.0435 e. The standard InChI is InChI=1S/C10H14ClN/c1-7-6-9(8(2)12-3)4-5-10(7)11/h4-6,8,12H,1-3H3/t8-/m1/s1. The first-order chi connectivity index (χ1) is 5.65. The normalized spacial score (nSPS) is 13.0. The molecule has 0 amide bonds. The molecule has 1 aromatic carbocycles. The van der Waals surface area contributed by atoms with Gasteiger partial charge in [0.25, 0.3) is 0 Å². The Morgan fingerprint density at radius 2 is 2.08 bits per heavy atom. The largest absolute Gasteiger partial charge is 0.313 e. The third-order valence-electron chi connectivity index (χ3n) is 2.12. The molecule has 0 aliphatic heterocycles. The van der Waals surface area contributed by atoms with Crippen LogP contribution < -0.4 is 5.32 Å². The van der Waals surface area contributed by atoms with Gasteiger partial charge in [0.1, 0.15) is 0 Å². The van der Waals surface area contributed by atoms with Gasteiger partial charge in [0.15, 0.2) is 0 Å². The molecule has 0 saturated carbocycles. The van der Waals surface area contributed by atoms with Crippen LogP contribution in [-0.2, 0) is 0 Å². The molecule has 1 N–H and O–H groups in total. The van der Waals surface area contributed by atoms with Gasteiger partial charge in [0.2, 0.25) is 0 Å². The zero-order valence-corrected chi connectivity index (χ0v) is 8.44. The predicted molar refractivity (Wildman–Crippen MR) is 53.7 cm³/mol. The maximum absolute atomic E-state index is 5.91. The highest BCUT2D eigenvalue weighted by molar-refractivity contribution is 6.31. The molecule has 1 nitrogen and oxygen atoms in total. The van der Waals surface area contributed by atoms with Gasteiger partial charge >= 0.3 is 0 Å². The second-order valence-electron chi connectivity index (χ2n) is 3.02. The lowest BCUT2D eigenvalue weighted by Gasteiger charge is -2.11. The first-order valence-electron chi connectivity index (χ1n) is 4.08. The Balaban J connectivity index is 2.96. The highest BCUT2D eigenvalue weighted by Crippen LogP contribution is 2.20. The van der Waals surface area contributed by atoms with Crippen molar-refractivity contribution in [3.8, 4) is 0 Å². The van der Waals surface area contributed by atoms with Crippen LogP contribution in [0.15, 0.2) is 18.2 Å². The van der Waals surface area contributed by atoms with Crippen LogP contribution in [0, 0.1) is 6.92 Å². The summed E-state index contributed by atoms with van der Waals surface area (Å²) in [6.07, 6.45) is 0. The average molecular weight is 184 g/mol. The summed E-state index contributed by atoms with van der Waals surface area (Å²) in [5.41, 5.74) is 2.41. The van der Waals surface area contributed by atoms with Gasteiger partial charge in [-0.1, -0.05) is 23.7 Å². The first kappa shape index (κ1) is 9.56. The van der Waals surface area contributed by atoms with Crippen LogP contribution in [0.3, 0.4) is 0 Å². The van der Waals surface area contributed by atoms with Gasteiger partial charge in [0, 0.05) is 11.1 Å². The topological polar surface area (TPSA) is 12.0 Å². The summed E-state index contributed by atoms with van der Waals surface area (Å²) >= 11 is 5.91. The van der Waals surface area contributed by atoms with Gasteiger partial charge in [-0.05, 0) is 38.1 Å². The number of benzene rings is 1. The summed E-state index contributed by atoms with van der Waals surface area (Å²) in [6.45, 7) is 4.15. The van der Waals surface area contributed by atoms with Crippen LogP contribution in [0.5, 0.6) is 0 Å². The molecule has 2 heteroatoms. The van der Waals surface area contributed by atoms with Gasteiger partial charge in [-0.3, -0.25) is 0 Å². The highest BCUT2D eigenvalue weighted by Gasteiger charge is 2.03. The number of rotatable bonds is 2. The molecule has 0 bridgehead atoms. The Labute approximate surface area is 78.7 Å². The molecule has 0 aromatic heterocycles. The number of aryl methyl sites for hydroxylation is 1. The minimum Gasteiger partial charge on any atom is -0.313 e. The van der Waals surface area contributed by atoms with Crippen molar-refractivity contribution in [2.75, 3.05) is 7.05 Å². The summed E-state index contributed by atoms with van der Waals surface area (Å²) in [5.74, 6) is 0. The highest BCUT2D eigenvalue weighted by atomic mass is 35.5. The van der Waals surface area contributed by atoms with E-state index in [1.807, 2.05) is 20.0 Å². The Bertz CT molecular complexity index is 271. The SMILES string of the molecule is CN[C@H](C)c1ccc(Cl)c(C)c1. The van der Waals surface area contributed by atoms with Crippen molar-refractivity contribution in [2.24, 2.45) is 0 Å². The summed E-state index contributed by atoms with van der Waals surface area (Å²) < 4.78 is 0. The molecule has 0 unspecified atom stereocenters. The van der Waals surface area contributed by atoms with Crippen molar-refractivity contribution in [3.05, 3.63) is 34.3 Å². The minimum absolute atomic E-state index is 0.390. The number of halogens is 1. The lowest BCUT2D eigenvalue weighted by Crippen LogP contribution is -2.12. The van der Waals surface area contributed by atoms with Crippen LogP contribution in [0.4, 0.5) is 0 Å². The fourth-order valence-electron chi connectivity index (χ4n) is 1.10. The molecule has 66 valence electrons. The van der Waals surface area contributed by atoms with Crippen LogP contribution in [-0.4, -0.2) is 7.05 Å². The fourth-order valence-corrected chi connectivity index (χ4v) is 1.22. The monoisotopic (exact) mass is 183 g/mol. The molecule has 1 rings (SSSR count).